The summed E-state index contributed by atoms with van der Waals surface area (Å²) >= 11 is 0. The van der Waals surface area contributed by atoms with Gasteiger partial charge in [-0.05, 0) is 24.6 Å². The number of rotatable bonds is 3. The van der Waals surface area contributed by atoms with Crippen LogP contribution in [0.5, 0.6) is 5.75 Å². The minimum atomic E-state index is -0.0899. The number of aromatic amines is 1. The maximum atomic E-state index is 12.4. The van der Waals surface area contributed by atoms with Crippen molar-refractivity contribution >= 4 is 0 Å². The van der Waals surface area contributed by atoms with Crippen molar-refractivity contribution in [2.24, 2.45) is 0 Å². The summed E-state index contributed by atoms with van der Waals surface area (Å²) in [7, 11) is 0. The molecule has 6 heteroatoms. The minimum absolute atomic E-state index is 0.0899. The second-order valence-corrected chi connectivity index (χ2v) is 6.14. The van der Waals surface area contributed by atoms with Gasteiger partial charge in [-0.1, -0.05) is 24.3 Å². The van der Waals surface area contributed by atoms with E-state index in [4.69, 9.17) is 0 Å². The lowest BCUT2D eigenvalue weighted by atomic mass is 10.1. The molecule has 0 saturated carbocycles. The third kappa shape index (κ3) is 3.16. The predicted molar refractivity (Wildman–Crippen MR) is 94.0 cm³/mol. The zero-order chi connectivity index (χ0) is 17.2. The molecular weight excluding hydrogens is 316 g/mol. The summed E-state index contributed by atoms with van der Waals surface area (Å²) in [5.74, 6) is 0.787. The van der Waals surface area contributed by atoms with Gasteiger partial charge in [0, 0.05) is 37.0 Å². The lowest BCUT2D eigenvalue weighted by molar-refractivity contribution is 0.237. The molecule has 3 aromatic rings. The Hall–Kier alpha value is -2.99. The van der Waals surface area contributed by atoms with Gasteiger partial charge in [-0.3, -0.25) is 14.7 Å². The number of H-pyrrole nitrogens is 1. The highest BCUT2D eigenvalue weighted by Gasteiger charge is 2.22. The van der Waals surface area contributed by atoms with Crippen molar-refractivity contribution in [1.29, 1.82) is 0 Å². The Balaban J connectivity index is 1.63. The van der Waals surface area contributed by atoms with Gasteiger partial charge in [0.1, 0.15) is 11.4 Å². The van der Waals surface area contributed by atoms with Crippen LogP contribution in [0.25, 0.3) is 11.5 Å². The van der Waals surface area contributed by atoms with Gasteiger partial charge in [-0.2, -0.15) is 0 Å². The van der Waals surface area contributed by atoms with Crippen molar-refractivity contribution < 1.29 is 5.11 Å². The number of nitrogens with zero attached hydrogens (tertiary/aromatic N) is 3. The first-order chi connectivity index (χ1) is 12.2. The molecule has 0 aliphatic carbocycles. The number of aromatic nitrogens is 3. The first-order valence-corrected chi connectivity index (χ1v) is 8.23. The predicted octanol–water partition coefficient (Wildman–Crippen LogP) is 2.10. The molecule has 0 fully saturated rings. The van der Waals surface area contributed by atoms with E-state index < -0.39 is 0 Å². The molecule has 3 heterocycles. The van der Waals surface area contributed by atoms with E-state index in [1.165, 1.54) is 0 Å². The molecule has 2 N–H and O–H groups in total. The first-order valence-electron chi connectivity index (χ1n) is 8.23. The number of nitrogens with one attached hydrogen (secondary N) is 1. The summed E-state index contributed by atoms with van der Waals surface area (Å²) in [5, 5.41) is 9.97. The van der Waals surface area contributed by atoms with E-state index >= 15 is 0 Å². The van der Waals surface area contributed by atoms with E-state index in [1.54, 1.807) is 12.3 Å². The number of benzene rings is 1. The zero-order valence-corrected chi connectivity index (χ0v) is 13.6. The SMILES string of the molecule is O=c1[nH]c(-c2ccccn2)nc2c1CCN(Cc1ccccc1O)C2. The van der Waals surface area contributed by atoms with Crippen LogP contribution in [-0.2, 0) is 19.5 Å². The fourth-order valence-electron chi connectivity index (χ4n) is 3.14. The van der Waals surface area contributed by atoms with Crippen LogP contribution >= 0.6 is 0 Å². The average molecular weight is 334 g/mol. The summed E-state index contributed by atoms with van der Waals surface area (Å²) in [5.41, 5.74) is 2.97. The molecule has 1 aromatic carbocycles. The lowest BCUT2D eigenvalue weighted by Crippen LogP contribution is -2.35. The molecular formula is C19H18N4O2. The van der Waals surface area contributed by atoms with E-state index in [1.807, 2.05) is 36.4 Å². The number of phenols is 1. The summed E-state index contributed by atoms with van der Waals surface area (Å²) in [6.45, 7) is 1.96. The Morgan fingerprint density at radius 1 is 1.16 bits per heavy atom. The van der Waals surface area contributed by atoms with Crippen LogP contribution in [-0.4, -0.2) is 31.5 Å². The molecule has 0 bridgehead atoms. The normalized spacial score (nSPS) is 14.2. The summed E-state index contributed by atoms with van der Waals surface area (Å²) in [6.07, 6.45) is 2.33. The number of aromatic hydroxyl groups is 1. The van der Waals surface area contributed by atoms with Gasteiger partial charge < -0.3 is 10.1 Å². The van der Waals surface area contributed by atoms with E-state index in [0.717, 1.165) is 23.4 Å². The van der Waals surface area contributed by atoms with Crippen LogP contribution in [0.3, 0.4) is 0 Å². The van der Waals surface area contributed by atoms with Crippen LogP contribution in [0.1, 0.15) is 16.8 Å². The fraction of sp³-hybridized carbons (Fsp3) is 0.211. The Bertz CT molecular complexity index is 953. The average Bonchev–Trinajstić information content (AvgIpc) is 2.64. The summed E-state index contributed by atoms with van der Waals surface area (Å²) in [4.78, 5) is 26.3. The standard InChI is InChI=1S/C19H18N4O2/c24-17-7-2-1-5-13(17)11-23-10-8-14-16(12-23)21-18(22-19(14)25)15-6-3-4-9-20-15/h1-7,9,24H,8,10-12H2,(H,21,22,25). The Labute approximate surface area is 144 Å². The molecule has 0 spiro atoms. The molecule has 4 rings (SSSR count). The van der Waals surface area contributed by atoms with Crippen LogP contribution in [0.4, 0.5) is 0 Å². The van der Waals surface area contributed by atoms with Crippen molar-refractivity contribution in [2.75, 3.05) is 6.54 Å². The quantitative estimate of drug-likeness (QED) is 0.766. The number of fused-ring (bicyclic) bond motifs is 1. The molecule has 1 aliphatic rings. The van der Waals surface area contributed by atoms with Crippen molar-refractivity contribution in [1.82, 2.24) is 19.9 Å². The number of pyridine rings is 1. The second kappa shape index (κ2) is 6.49. The van der Waals surface area contributed by atoms with Gasteiger partial charge in [0.25, 0.3) is 5.56 Å². The van der Waals surface area contributed by atoms with E-state index in [-0.39, 0.29) is 5.56 Å². The summed E-state index contributed by atoms with van der Waals surface area (Å²) < 4.78 is 0. The van der Waals surface area contributed by atoms with Crippen LogP contribution in [0.15, 0.2) is 53.5 Å². The molecule has 0 atom stereocenters. The van der Waals surface area contributed by atoms with Gasteiger partial charge in [-0.25, -0.2) is 4.98 Å². The monoisotopic (exact) mass is 334 g/mol. The molecule has 6 nitrogen and oxygen atoms in total. The van der Waals surface area contributed by atoms with Gasteiger partial charge in [0.15, 0.2) is 5.82 Å². The van der Waals surface area contributed by atoms with Gasteiger partial charge in [0.2, 0.25) is 0 Å². The maximum Gasteiger partial charge on any atom is 0.254 e. The largest absolute Gasteiger partial charge is 0.508 e. The van der Waals surface area contributed by atoms with E-state index in [9.17, 15) is 9.90 Å². The van der Waals surface area contributed by atoms with Crippen molar-refractivity contribution in [3.63, 3.8) is 0 Å². The Kier molecular flexibility index (Phi) is 4.03. The minimum Gasteiger partial charge on any atom is -0.508 e. The van der Waals surface area contributed by atoms with Gasteiger partial charge in [-0.15, -0.1) is 0 Å². The molecule has 126 valence electrons. The van der Waals surface area contributed by atoms with Crippen LogP contribution < -0.4 is 5.56 Å². The third-order valence-corrected chi connectivity index (χ3v) is 4.45. The highest BCUT2D eigenvalue weighted by molar-refractivity contribution is 5.49. The van der Waals surface area contributed by atoms with Crippen LogP contribution in [0.2, 0.25) is 0 Å². The number of hydrogen-bond donors (Lipinski definition) is 2. The second-order valence-electron chi connectivity index (χ2n) is 6.14. The first kappa shape index (κ1) is 15.5. The highest BCUT2D eigenvalue weighted by atomic mass is 16.3. The molecule has 25 heavy (non-hydrogen) atoms. The number of para-hydroxylation sites is 1. The zero-order valence-electron chi connectivity index (χ0n) is 13.6. The van der Waals surface area contributed by atoms with Crippen molar-refractivity contribution in [2.45, 2.75) is 19.5 Å². The topological polar surface area (TPSA) is 82.1 Å². The Morgan fingerprint density at radius 2 is 2.00 bits per heavy atom. The van der Waals surface area contributed by atoms with Gasteiger partial charge >= 0.3 is 0 Å². The molecule has 2 aromatic heterocycles. The van der Waals surface area contributed by atoms with E-state index in [0.29, 0.717) is 36.8 Å². The highest BCUT2D eigenvalue weighted by Crippen LogP contribution is 2.22. The molecule has 0 saturated heterocycles. The molecule has 0 radical (unpaired) electrons. The Morgan fingerprint density at radius 3 is 2.80 bits per heavy atom. The molecule has 0 amide bonds. The fourth-order valence-corrected chi connectivity index (χ4v) is 3.14. The smallest absolute Gasteiger partial charge is 0.254 e. The van der Waals surface area contributed by atoms with Crippen molar-refractivity contribution in [3.8, 4) is 17.3 Å². The maximum absolute atomic E-state index is 12.4. The van der Waals surface area contributed by atoms with Gasteiger partial charge in [0.05, 0.1) is 5.69 Å². The summed E-state index contributed by atoms with van der Waals surface area (Å²) in [6, 6.07) is 12.8. The van der Waals surface area contributed by atoms with Crippen LogP contribution in [0, 0.1) is 0 Å². The lowest BCUT2D eigenvalue weighted by Gasteiger charge is -2.27. The van der Waals surface area contributed by atoms with Crippen molar-refractivity contribution in [3.05, 3.63) is 75.8 Å². The number of hydrogen-bond acceptors (Lipinski definition) is 5. The molecule has 0 unspecified atom stereocenters. The third-order valence-electron chi connectivity index (χ3n) is 4.45. The van der Waals surface area contributed by atoms with E-state index in [2.05, 4.69) is 19.9 Å². The number of phenolic OH excluding ortho intramolecular Hbond substituents is 1. The molecule has 1 aliphatic heterocycles.